The minimum Gasteiger partial charge on any atom is -0.388 e. The molecule has 2 aromatic rings. The summed E-state index contributed by atoms with van der Waals surface area (Å²) in [5, 5.41) is 10.3. The first-order valence-corrected chi connectivity index (χ1v) is 7.88. The maximum Gasteiger partial charge on any atom is 0.123 e. The van der Waals surface area contributed by atoms with Crippen LogP contribution in [0.5, 0.6) is 0 Å². The summed E-state index contributed by atoms with van der Waals surface area (Å²) in [6.45, 7) is 0. The average molecular weight is 341 g/mol. The zero-order valence-corrected chi connectivity index (χ0v) is 12.8. The molecule has 1 N–H and O–H groups in total. The molecule has 0 radical (unpaired) electrons. The molecule has 0 aliphatic rings. The average Bonchev–Trinajstić information content (AvgIpc) is 2.42. The van der Waals surface area contributed by atoms with Gasteiger partial charge in [-0.1, -0.05) is 34.1 Å². The monoisotopic (exact) mass is 340 g/mol. The van der Waals surface area contributed by atoms with Gasteiger partial charge in [-0.2, -0.15) is 0 Å². The summed E-state index contributed by atoms with van der Waals surface area (Å²) in [6.07, 6.45) is 1.72. The Labute approximate surface area is 125 Å². The lowest BCUT2D eigenvalue weighted by atomic mass is 10.0. The minimum atomic E-state index is -0.637. The summed E-state index contributed by atoms with van der Waals surface area (Å²) >= 11 is 4.98. The van der Waals surface area contributed by atoms with Crippen LogP contribution in [0, 0.1) is 5.82 Å². The van der Waals surface area contributed by atoms with Crippen molar-refractivity contribution in [1.82, 2.24) is 0 Å². The van der Waals surface area contributed by atoms with Gasteiger partial charge in [-0.05, 0) is 41.6 Å². The van der Waals surface area contributed by atoms with Crippen molar-refractivity contribution in [3.05, 3.63) is 63.9 Å². The third kappa shape index (κ3) is 3.59. The van der Waals surface area contributed by atoms with Crippen molar-refractivity contribution < 1.29 is 9.50 Å². The van der Waals surface area contributed by atoms with Crippen LogP contribution in [-0.4, -0.2) is 11.4 Å². The largest absolute Gasteiger partial charge is 0.388 e. The Morgan fingerprint density at radius 1 is 1.26 bits per heavy atom. The van der Waals surface area contributed by atoms with Crippen LogP contribution in [0.25, 0.3) is 0 Å². The topological polar surface area (TPSA) is 20.2 Å². The summed E-state index contributed by atoms with van der Waals surface area (Å²) in [4.78, 5) is 1.04. The van der Waals surface area contributed by atoms with E-state index in [9.17, 15) is 9.50 Å². The van der Waals surface area contributed by atoms with E-state index in [1.807, 2.05) is 30.5 Å². The molecule has 1 unspecified atom stereocenters. The van der Waals surface area contributed by atoms with Crippen molar-refractivity contribution in [3.63, 3.8) is 0 Å². The fourth-order valence-electron chi connectivity index (χ4n) is 1.96. The Morgan fingerprint density at radius 2 is 2.00 bits per heavy atom. The highest BCUT2D eigenvalue weighted by molar-refractivity contribution is 9.10. The molecule has 0 aliphatic heterocycles. The van der Waals surface area contributed by atoms with E-state index in [4.69, 9.17) is 0 Å². The molecule has 1 nitrogen and oxygen atoms in total. The number of hydrogen-bond donors (Lipinski definition) is 1. The van der Waals surface area contributed by atoms with E-state index in [2.05, 4.69) is 15.9 Å². The molecule has 0 amide bonds. The molecule has 0 aromatic heterocycles. The summed E-state index contributed by atoms with van der Waals surface area (Å²) in [6, 6.07) is 12.2. The highest BCUT2D eigenvalue weighted by Crippen LogP contribution is 2.30. The Hall–Kier alpha value is -0.840. The van der Waals surface area contributed by atoms with E-state index < -0.39 is 6.10 Å². The Kier molecular flexibility index (Phi) is 5.02. The Bertz CT molecular complexity index is 574. The lowest BCUT2D eigenvalue weighted by Gasteiger charge is -2.15. The fourth-order valence-corrected chi connectivity index (χ4v) is 3.02. The van der Waals surface area contributed by atoms with Crippen molar-refractivity contribution in [1.29, 1.82) is 0 Å². The van der Waals surface area contributed by atoms with Crippen LogP contribution in [0.4, 0.5) is 4.39 Å². The number of hydrogen-bond acceptors (Lipinski definition) is 2. The molecule has 0 heterocycles. The summed E-state index contributed by atoms with van der Waals surface area (Å²) in [7, 11) is 0. The molecule has 2 rings (SSSR count). The number of thioether (sulfide) groups is 1. The number of aliphatic hydroxyl groups excluding tert-OH is 1. The molecule has 0 saturated carbocycles. The van der Waals surface area contributed by atoms with Crippen LogP contribution >= 0.6 is 27.7 Å². The van der Waals surface area contributed by atoms with Crippen LogP contribution < -0.4 is 0 Å². The van der Waals surface area contributed by atoms with E-state index in [0.717, 1.165) is 20.5 Å². The van der Waals surface area contributed by atoms with Gasteiger partial charge in [-0.15, -0.1) is 11.8 Å². The molecule has 100 valence electrons. The van der Waals surface area contributed by atoms with Crippen LogP contribution in [0.3, 0.4) is 0 Å². The minimum absolute atomic E-state index is 0.288. The van der Waals surface area contributed by atoms with Gasteiger partial charge >= 0.3 is 0 Å². The van der Waals surface area contributed by atoms with Gasteiger partial charge in [0.25, 0.3) is 0 Å². The normalized spacial score (nSPS) is 12.4. The van der Waals surface area contributed by atoms with Crippen molar-refractivity contribution in [2.75, 3.05) is 6.26 Å². The maximum absolute atomic E-state index is 13.2. The molecular weight excluding hydrogens is 327 g/mol. The molecule has 0 aliphatic carbocycles. The van der Waals surface area contributed by atoms with Gasteiger partial charge in [0.05, 0.1) is 6.10 Å². The first kappa shape index (κ1) is 14.6. The number of aliphatic hydroxyl groups is 1. The predicted molar refractivity (Wildman–Crippen MR) is 81.0 cm³/mol. The van der Waals surface area contributed by atoms with E-state index in [-0.39, 0.29) is 5.82 Å². The van der Waals surface area contributed by atoms with E-state index in [1.54, 1.807) is 17.8 Å². The molecule has 0 spiro atoms. The van der Waals surface area contributed by atoms with Crippen molar-refractivity contribution in [2.24, 2.45) is 0 Å². The lowest BCUT2D eigenvalue weighted by Crippen LogP contribution is -2.04. The van der Waals surface area contributed by atoms with Crippen molar-refractivity contribution in [3.8, 4) is 0 Å². The second kappa shape index (κ2) is 6.55. The first-order valence-electron chi connectivity index (χ1n) is 5.86. The van der Waals surface area contributed by atoms with Gasteiger partial charge < -0.3 is 5.11 Å². The number of rotatable bonds is 4. The molecule has 4 heteroatoms. The smallest absolute Gasteiger partial charge is 0.123 e. The summed E-state index contributed by atoms with van der Waals surface area (Å²) < 4.78 is 14.1. The third-order valence-corrected chi connectivity index (χ3v) is 4.50. The molecule has 2 aromatic carbocycles. The SMILES string of the molecule is CSc1ccccc1C(O)Cc1cc(F)ccc1Br. The highest BCUT2D eigenvalue weighted by atomic mass is 79.9. The number of halogens is 2. The summed E-state index contributed by atoms with van der Waals surface area (Å²) in [5.41, 5.74) is 1.65. The molecule has 0 bridgehead atoms. The van der Waals surface area contributed by atoms with Gasteiger partial charge in [0.1, 0.15) is 5.82 Å². The third-order valence-electron chi connectivity index (χ3n) is 2.92. The van der Waals surface area contributed by atoms with E-state index >= 15 is 0 Å². The lowest BCUT2D eigenvalue weighted by molar-refractivity contribution is 0.175. The van der Waals surface area contributed by atoms with Gasteiger partial charge in [-0.3, -0.25) is 0 Å². The standard InChI is InChI=1S/C15H14BrFOS/c1-19-15-5-3-2-4-12(15)14(18)9-10-8-11(17)6-7-13(10)16/h2-8,14,18H,9H2,1H3. The van der Waals surface area contributed by atoms with Crippen LogP contribution in [0.2, 0.25) is 0 Å². The van der Waals surface area contributed by atoms with Crippen LogP contribution in [-0.2, 0) is 6.42 Å². The molecule has 1 atom stereocenters. The highest BCUT2D eigenvalue weighted by Gasteiger charge is 2.14. The van der Waals surface area contributed by atoms with Crippen molar-refractivity contribution >= 4 is 27.7 Å². The molecule has 0 saturated heterocycles. The van der Waals surface area contributed by atoms with Crippen LogP contribution in [0.1, 0.15) is 17.2 Å². The predicted octanol–water partition coefficient (Wildman–Crippen LogP) is 4.59. The van der Waals surface area contributed by atoms with E-state index in [0.29, 0.717) is 6.42 Å². The Balaban J connectivity index is 2.25. The quantitative estimate of drug-likeness (QED) is 0.821. The first-order chi connectivity index (χ1) is 9.11. The van der Waals surface area contributed by atoms with Gasteiger partial charge in [0.15, 0.2) is 0 Å². The molecule has 19 heavy (non-hydrogen) atoms. The van der Waals surface area contributed by atoms with Crippen molar-refractivity contribution in [2.45, 2.75) is 17.4 Å². The Morgan fingerprint density at radius 3 is 2.74 bits per heavy atom. The maximum atomic E-state index is 13.2. The number of benzene rings is 2. The second-order valence-corrected chi connectivity index (χ2v) is 5.90. The molecular formula is C15H14BrFOS. The van der Waals surface area contributed by atoms with Gasteiger partial charge in [0, 0.05) is 15.8 Å². The zero-order chi connectivity index (χ0) is 13.8. The van der Waals surface area contributed by atoms with Gasteiger partial charge in [-0.25, -0.2) is 4.39 Å². The fraction of sp³-hybridized carbons (Fsp3) is 0.200. The van der Waals surface area contributed by atoms with Crippen LogP contribution in [0.15, 0.2) is 51.8 Å². The summed E-state index contributed by atoms with van der Waals surface area (Å²) in [5.74, 6) is -0.288. The zero-order valence-electron chi connectivity index (χ0n) is 10.4. The second-order valence-electron chi connectivity index (χ2n) is 4.20. The van der Waals surface area contributed by atoms with Gasteiger partial charge in [0.2, 0.25) is 0 Å². The molecule has 0 fully saturated rings. The van der Waals surface area contributed by atoms with E-state index in [1.165, 1.54) is 12.1 Å².